The van der Waals surface area contributed by atoms with Crippen molar-refractivity contribution in [1.82, 2.24) is 15.0 Å². The van der Waals surface area contributed by atoms with Crippen molar-refractivity contribution in [2.75, 3.05) is 0 Å². The van der Waals surface area contributed by atoms with Gasteiger partial charge in [0, 0.05) is 81.5 Å². The van der Waals surface area contributed by atoms with Crippen molar-refractivity contribution in [3.8, 4) is 67.2 Å². The van der Waals surface area contributed by atoms with E-state index in [1.165, 1.54) is 33.4 Å². The quantitative estimate of drug-likeness (QED) is 0.0954. The maximum atomic E-state index is 10.7. The molecule has 3 heterocycles. The third-order valence-corrected chi connectivity index (χ3v) is 10.4. The molecule has 14 heteroatoms. The number of aliphatic hydroxyl groups excluding tert-OH is 2. The number of alkyl halides is 3. The number of hydrogen-bond acceptors (Lipinski definition) is 8. The number of halogens is 3. The Morgan fingerprint density at radius 1 is 0.493 bits per heavy atom. The van der Waals surface area contributed by atoms with E-state index in [0.29, 0.717) is 0 Å². The van der Waals surface area contributed by atoms with Crippen molar-refractivity contribution >= 4 is 10.1 Å². The van der Waals surface area contributed by atoms with E-state index in [1.54, 1.807) is 27.7 Å². The normalized spacial score (nSPS) is 10.3. The molecule has 0 unspecified atom stereocenters. The summed E-state index contributed by atoms with van der Waals surface area (Å²) in [6, 6.07) is 69.8. The predicted molar refractivity (Wildman–Crippen MR) is 287 cm³/mol. The molecule has 0 fully saturated rings. The average Bonchev–Trinajstić information content (AvgIpc) is 3.37. The number of aromatic nitrogens is 3. The summed E-state index contributed by atoms with van der Waals surface area (Å²) < 4.78 is 58.9. The maximum absolute atomic E-state index is 10.7. The van der Waals surface area contributed by atoms with Crippen LogP contribution in [0.25, 0.3) is 67.2 Å². The van der Waals surface area contributed by atoms with Crippen LogP contribution in [-0.4, -0.2) is 55.9 Å². The van der Waals surface area contributed by atoms with E-state index in [1.807, 2.05) is 122 Å². The molecule has 0 aliphatic rings. The van der Waals surface area contributed by atoms with Crippen LogP contribution in [-0.2, 0) is 50.3 Å². The van der Waals surface area contributed by atoms with E-state index in [0.717, 1.165) is 50.5 Å². The molecular formula is C61H58F3Ir2N3O5S-4. The summed E-state index contributed by atoms with van der Waals surface area (Å²) in [5.41, 5.74) is 11.1. The van der Waals surface area contributed by atoms with E-state index in [-0.39, 0.29) is 52.4 Å². The Kier molecular flexibility index (Phi) is 28.4. The number of aryl methyl sites for hydroxylation is 3. The van der Waals surface area contributed by atoms with Gasteiger partial charge >= 0.3 is 5.51 Å². The SMILES string of the molecule is CC(C)O.CC(C)O.Cc1cc(-c2[c-]cccc2)[c-]nc1-c1ccccc1.Cc1cc(-c2[c-]cccc2)ncc1-c1ccccc1.Cc1cc(-c2ccccc2)ncc1-c1ccccc1.O=S(=O)([O-])C(F)(F)F.[Ir].[Ir]. The number of pyridine rings is 3. The van der Waals surface area contributed by atoms with Gasteiger partial charge in [0.25, 0.3) is 0 Å². The van der Waals surface area contributed by atoms with Crippen molar-refractivity contribution in [2.45, 2.75) is 66.2 Å². The molecule has 8 nitrogen and oxygen atoms in total. The smallest absolute Gasteiger partial charge is 0.485 e. The van der Waals surface area contributed by atoms with E-state index >= 15 is 0 Å². The third kappa shape index (κ3) is 22.6. The first kappa shape index (κ1) is 64.8. The molecular weight excluding hydrogens is 1330 g/mol. The Morgan fingerprint density at radius 2 is 0.840 bits per heavy atom. The van der Waals surface area contributed by atoms with Crippen LogP contribution >= 0.6 is 0 Å². The van der Waals surface area contributed by atoms with Gasteiger partial charge in [0.15, 0.2) is 10.1 Å². The van der Waals surface area contributed by atoms with Gasteiger partial charge in [-0.05, 0) is 86.8 Å². The van der Waals surface area contributed by atoms with Gasteiger partial charge in [0.1, 0.15) is 0 Å². The molecule has 0 bridgehead atoms. The summed E-state index contributed by atoms with van der Waals surface area (Å²) in [6.45, 7) is 13.2. The Morgan fingerprint density at radius 3 is 1.20 bits per heavy atom. The summed E-state index contributed by atoms with van der Waals surface area (Å²) in [7, 11) is -6.09. The number of aliphatic hydroxyl groups is 2. The molecule has 0 atom stereocenters. The summed E-state index contributed by atoms with van der Waals surface area (Å²) >= 11 is 0. The topological polar surface area (TPSA) is 136 Å². The van der Waals surface area contributed by atoms with Gasteiger partial charge in [-0.3, -0.25) is 4.98 Å². The minimum atomic E-state index is -6.09. The van der Waals surface area contributed by atoms with Gasteiger partial charge < -0.3 is 24.7 Å². The van der Waals surface area contributed by atoms with Crippen LogP contribution in [0.5, 0.6) is 0 Å². The molecule has 9 aromatic rings. The summed E-state index contributed by atoms with van der Waals surface area (Å²) in [5, 5.41) is 16.1. The van der Waals surface area contributed by atoms with E-state index in [2.05, 4.69) is 133 Å². The minimum Gasteiger partial charge on any atom is -0.741 e. The fourth-order valence-electron chi connectivity index (χ4n) is 6.53. The molecule has 0 amide bonds. The molecule has 0 aliphatic carbocycles. The van der Waals surface area contributed by atoms with Crippen molar-refractivity contribution in [3.63, 3.8) is 0 Å². The number of hydrogen-bond donors (Lipinski definition) is 2. The molecule has 0 spiro atoms. The first-order valence-electron chi connectivity index (χ1n) is 23.1. The summed E-state index contributed by atoms with van der Waals surface area (Å²) in [6.07, 6.45) is 6.69. The first-order valence-corrected chi connectivity index (χ1v) is 24.5. The van der Waals surface area contributed by atoms with E-state index in [9.17, 15) is 13.2 Å². The molecule has 396 valence electrons. The van der Waals surface area contributed by atoms with Crippen molar-refractivity contribution < 1.29 is 76.6 Å². The van der Waals surface area contributed by atoms with Crippen molar-refractivity contribution in [3.05, 3.63) is 235 Å². The largest absolute Gasteiger partial charge is 0.741 e. The first-order chi connectivity index (χ1) is 34.7. The second kappa shape index (κ2) is 32.9. The van der Waals surface area contributed by atoms with Crippen LogP contribution in [0.3, 0.4) is 0 Å². The second-order valence-electron chi connectivity index (χ2n) is 16.7. The molecule has 0 aliphatic heterocycles. The zero-order chi connectivity index (χ0) is 53.4. The Bertz CT molecular complexity index is 2820. The molecule has 2 N–H and O–H groups in total. The zero-order valence-corrected chi connectivity index (χ0v) is 48.0. The van der Waals surface area contributed by atoms with Crippen LogP contribution < -0.4 is 0 Å². The minimum absolute atomic E-state index is 0. The van der Waals surface area contributed by atoms with Crippen LogP contribution in [0.2, 0.25) is 0 Å². The van der Waals surface area contributed by atoms with Gasteiger partial charge in [-0.25, -0.2) is 19.5 Å². The van der Waals surface area contributed by atoms with Gasteiger partial charge in [0.05, 0.1) is 5.69 Å². The fraction of sp³-hybridized carbons (Fsp3) is 0.164. The summed E-state index contributed by atoms with van der Waals surface area (Å²) in [4.78, 5) is 13.6. The van der Waals surface area contributed by atoms with E-state index in [4.69, 9.17) is 23.2 Å². The molecule has 3 aromatic heterocycles. The monoisotopic (exact) mass is 1390 g/mol. The Balaban J connectivity index is 0.000000333. The predicted octanol–water partition coefficient (Wildman–Crippen LogP) is 14.4. The Hall–Kier alpha value is -6.31. The van der Waals surface area contributed by atoms with Gasteiger partial charge in [-0.15, -0.1) is 47.5 Å². The second-order valence-corrected chi connectivity index (χ2v) is 18.1. The molecule has 9 rings (SSSR count). The number of nitrogens with zero attached hydrogens (tertiary/aromatic N) is 3. The third-order valence-electron chi connectivity index (χ3n) is 9.80. The van der Waals surface area contributed by atoms with E-state index < -0.39 is 15.6 Å². The average molecular weight is 1390 g/mol. The van der Waals surface area contributed by atoms with Crippen molar-refractivity contribution in [1.29, 1.82) is 0 Å². The van der Waals surface area contributed by atoms with Gasteiger partial charge in [-0.1, -0.05) is 141 Å². The van der Waals surface area contributed by atoms with Gasteiger partial charge in [0.2, 0.25) is 0 Å². The number of rotatable bonds is 6. The molecule has 2 radical (unpaired) electrons. The molecule has 6 aromatic carbocycles. The fourth-order valence-corrected chi connectivity index (χ4v) is 6.53. The molecule has 0 saturated carbocycles. The zero-order valence-electron chi connectivity index (χ0n) is 42.4. The summed E-state index contributed by atoms with van der Waals surface area (Å²) in [5.74, 6) is 0. The maximum Gasteiger partial charge on any atom is 0.485 e. The molecule has 0 saturated heterocycles. The Labute approximate surface area is 467 Å². The van der Waals surface area contributed by atoms with Crippen molar-refractivity contribution in [2.24, 2.45) is 0 Å². The number of benzene rings is 6. The van der Waals surface area contributed by atoms with Crippen LogP contribution in [0.15, 0.2) is 200 Å². The molecule has 75 heavy (non-hydrogen) atoms. The van der Waals surface area contributed by atoms with Crippen LogP contribution in [0.1, 0.15) is 44.4 Å². The van der Waals surface area contributed by atoms with Crippen LogP contribution in [0.4, 0.5) is 13.2 Å². The van der Waals surface area contributed by atoms with Gasteiger partial charge in [-0.2, -0.15) is 43.5 Å². The van der Waals surface area contributed by atoms with Crippen LogP contribution in [0, 0.1) is 39.1 Å². The standard InChI is InChI=1S/C18H15N.C18H14N.C18H13N.2C3H8O.CHF3O3S.2Ir/c2*1-14-12-18(16-10-6-3-7-11-16)19-13-17(14)15-8-4-2-5-9-15;1-14-12-17(15-8-4-2-5-9-15)13-19-18(14)16-10-6-3-7-11-16;2*1-3(2)4;2-1(3,4)8(5,6)7;;/h2-13H,1H3;2-10,12-13H,1H3;2-8,10-12H,1H3;2*3-4H,1-2H3;(H,5,6,7);;/q;-1;-2;;;;;/p-1.